The molecule has 0 heterocycles. The first-order chi connectivity index (χ1) is 13.6. The summed E-state index contributed by atoms with van der Waals surface area (Å²) in [7, 11) is -3.56. The van der Waals surface area contributed by atoms with Crippen molar-refractivity contribution in [2.24, 2.45) is 28.6 Å². The highest BCUT2D eigenvalue weighted by Crippen LogP contribution is 2.65. The summed E-state index contributed by atoms with van der Waals surface area (Å²) in [5, 5.41) is 0. The number of halogens is 1. The zero-order valence-corrected chi connectivity index (χ0v) is 18.5. The van der Waals surface area contributed by atoms with Gasteiger partial charge in [0.1, 0.15) is 12.3 Å². The van der Waals surface area contributed by atoms with Crippen molar-refractivity contribution < 1.29 is 26.5 Å². The average molecular weight is 429 g/mol. The number of carbonyl (C=O) groups excluding carboxylic acids is 1. The first-order valence-corrected chi connectivity index (χ1v) is 12.7. The van der Waals surface area contributed by atoms with Crippen LogP contribution in [0.1, 0.15) is 65.2 Å². The van der Waals surface area contributed by atoms with Gasteiger partial charge in [0.15, 0.2) is 0 Å². The molecular weight excluding hydrogens is 395 g/mol. The summed E-state index contributed by atoms with van der Waals surface area (Å²) in [5.74, 6) is 0.911. The molecule has 0 radical (unpaired) electrons. The summed E-state index contributed by atoms with van der Waals surface area (Å²) in [6.07, 6.45) is 8.59. The van der Waals surface area contributed by atoms with Gasteiger partial charge in [-0.05, 0) is 62.7 Å². The van der Waals surface area contributed by atoms with Crippen LogP contribution in [0.3, 0.4) is 0 Å². The molecule has 0 N–H and O–H groups in total. The number of ether oxygens (including phenoxy) is 1. The molecule has 0 aliphatic heterocycles. The lowest BCUT2D eigenvalue weighted by Crippen LogP contribution is -2.54. The first-order valence-electron chi connectivity index (χ1n) is 10.9. The first kappa shape index (κ1) is 21.3. The second-order valence-corrected chi connectivity index (χ2v) is 11.7. The summed E-state index contributed by atoms with van der Waals surface area (Å²) in [5.41, 5.74) is 0.656. The monoisotopic (exact) mass is 428 g/mol. The molecule has 0 saturated heterocycles. The van der Waals surface area contributed by atoms with Crippen LogP contribution in [0, 0.1) is 28.6 Å². The standard InChI is InChI=1S/C22H33FO5S/c1-14(24)28-20-7-6-18-17-5-4-15-12-16(23)8-11-22(15,13-27-29(3,25)26)19(17)9-10-21(18,20)2/h4,16-20H,5-13H2,1-3H3. The maximum atomic E-state index is 14.2. The van der Waals surface area contributed by atoms with Gasteiger partial charge in [0.05, 0.1) is 12.9 Å². The number of fused-ring (bicyclic) bond motifs is 5. The highest BCUT2D eigenvalue weighted by atomic mass is 32.2. The van der Waals surface area contributed by atoms with E-state index in [4.69, 9.17) is 8.92 Å². The van der Waals surface area contributed by atoms with E-state index in [0.717, 1.165) is 43.9 Å². The van der Waals surface area contributed by atoms with E-state index in [-0.39, 0.29) is 29.5 Å². The summed E-state index contributed by atoms with van der Waals surface area (Å²) in [4.78, 5) is 11.6. The van der Waals surface area contributed by atoms with E-state index in [9.17, 15) is 17.6 Å². The Hall–Kier alpha value is -0.950. The molecule has 3 fully saturated rings. The minimum Gasteiger partial charge on any atom is -0.462 e. The molecule has 29 heavy (non-hydrogen) atoms. The third-order valence-electron chi connectivity index (χ3n) is 8.52. The van der Waals surface area contributed by atoms with E-state index in [1.807, 2.05) is 0 Å². The van der Waals surface area contributed by atoms with E-state index in [1.54, 1.807) is 0 Å². The molecule has 0 spiro atoms. The van der Waals surface area contributed by atoms with Gasteiger partial charge in [-0.2, -0.15) is 8.42 Å². The molecule has 7 heteroatoms. The Morgan fingerprint density at radius 1 is 1.21 bits per heavy atom. The Kier molecular flexibility index (Phi) is 5.38. The van der Waals surface area contributed by atoms with Crippen LogP contribution in [0.25, 0.3) is 0 Å². The maximum absolute atomic E-state index is 14.2. The molecule has 0 amide bonds. The summed E-state index contributed by atoms with van der Waals surface area (Å²) in [6.45, 7) is 3.86. The molecule has 0 aromatic carbocycles. The van der Waals surface area contributed by atoms with Gasteiger partial charge in [-0.3, -0.25) is 8.98 Å². The van der Waals surface area contributed by atoms with E-state index >= 15 is 0 Å². The lowest BCUT2D eigenvalue weighted by atomic mass is 9.47. The topological polar surface area (TPSA) is 69.7 Å². The number of rotatable bonds is 4. The molecule has 7 atom stereocenters. The van der Waals surface area contributed by atoms with Gasteiger partial charge < -0.3 is 4.74 Å². The predicted octanol–water partition coefficient (Wildman–Crippen LogP) is 4.18. The fraction of sp³-hybridized carbons (Fsp3) is 0.864. The zero-order chi connectivity index (χ0) is 21.0. The predicted molar refractivity (Wildman–Crippen MR) is 107 cm³/mol. The van der Waals surface area contributed by atoms with Crippen molar-refractivity contribution in [3.05, 3.63) is 11.6 Å². The molecule has 4 aliphatic rings. The Bertz CT molecular complexity index is 808. The highest BCUT2D eigenvalue weighted by molar-refractivity contribution is 7.85. The van der Waals surface area contributed by atoms with Gasteiger partial charge in [-0.25, -0.2) is 4.39 Å². The van der Waals surface area contributed by atoms with Crippen molar-refractivity contribution in [3.8, 4) is 0 Å². The minimum absolute atomic E-state index is 0.0334. The van der Waals surface area contributed by atoms with Crippen molar-refractivity contribution in [2.75, 3.05) is 12.9 Å². The smallest absolute Gasteiger partial charge is 0.302 e. The van der Waals surface area contributed by atoms with Gasteiger partial charge in [-0.15, -0.1) is 0 Å². The van der Waals surface area contributed by atoms with Crippen molar-refractivity contribution in [2.45, 2.75) is 77.5 Å². The van der Waals surface area contributed by atoms with Crippen LogP contribution in [-0.4, -0.2) is 39.5 Å². The van der Waals surface area contributed by atoms with Crippen LogP contribution in [-0.2, 0) is 23.8 Å². The van der Waals surface area contributed by atoms with Gasteiger partial charge in [0.2, 0.25) is 0 Å². The maximum Gasteiger partial charge on any atom is 0.302 e. The minimum atomic E-state index is -3.56. The number of allylic oxidation sites excluding steroid dienone is 1. The van der Waals surface area contributed by atoms with Gasteiger partial charge in [0.25, 0.3) is 10.1 Å². The van der Waals surface area contributed by atoms with Crippen molar-refractivity contribution >= 4 is 16.1 Å². The van der Waals surface area contributed by atoms with Crippen LogP contribution in [0.4, 0.5) is 4.39 Å². The number of esters is 1. The summed E-state index contributed by atoms with van der Waals surface area (Å²) < 4.78 is 48.8. The Morgan fingerprint density at radius 3 is 2.66 bits per heavy atom. The normalized spacial score (nSPS) is 44.3. The van der Waals surface area contributed by atoms with Crippen LogP contribution >= 0.6 is 0 Å². The van der Waals surface area contributed by atoms with E-state index in [1.165, 1.54) is 6.92 Å². The molecule has 0 aromatic heterocycles. The molecule has 4 rings (SSSR count). The van der Waals surface area contributed by atoms with Crippen molar-refractivity contribution in [1.29, 1.82) is 0 Å². The molecule has 0 aromatic rings. The largest absolute Gasteiger partial charge is 0.462 e. The second-order valence-electron chi connectivity index (χ2n) is 10.0. The van der Waals surface area contributed by atoms with Gasteiger partial charge in [-0.1, -0.05) is 18.6 Å². The van der Waals surface area contributed by atoms with E-state index < -0.39 is 16.3 Å². The number of alkyl halides is 1. The Morgan fingerprint density at radius 2 is 1.97 bits per heavy atom. The third-order valence-corrected chi connectivity index (χ3v) is 9.07. The zero-order valence-electron chi connectivity index (χ0n) is 17.7. The molecule has 0 bridgehead atoms. The van der Waals surface area contributed by atoms with Crippen molar-refractivity contribution in [1.82, 2.24) is 0 Å². The number of hydrogen-bond donors (Lipinski definition) is 0. The molecule has 164 valence electrons. The Labute approximate surface area is 173 Å². The lowest BCUT2D eigenvalue weighted by molar-refractivity contribution is -0.157. The SMILES string of the molecule is CC(=O)OC1CCC2C3CC=C4CC(F)CCC4(COS(C)(=O)=O)C3CCC12C. The molecular formula is C22H33FO5S. The van der Waals surface area contributed by atoms with E-state index in [0.29, 0.717) is 37.0 Å². The number of carbonyl (C=O) groups is 1. The van der Waals surface area contributed by atoms with Crippen LogP contribution in [0.2, 0.25) is 0 Å². The van der Waals surface area contributed by atoms with Gasteiger partial charge in [0, 0.05) is 24.2 Å². The molecule has 4 aliphatic carbocycles. The lowest BCUT2D eigenvalue weighted by Gasteiger charge is -2.58. The highest BCUT2D eigenvalue weighted by Gasteiger charge is 2.61. The third kappa shape index (κ3) is 3.67. The van der Waals surface area contributed by atoms with Crippen LogP contribution in [0.15, 0.2) is 11.6 Å². The second kappa shape index (κ2) is 7.33. The van der Waals surface area contributed by atoms with E-state index in [2.05, 4.69) is 13.0 Å². The van der Waals surface area contributed by atoms with Crippen LogP contribution in [0.5, 0.6) is 0 Å². The van der Waals surface area contributed by atoms with Gasteiger partial charge >= 0.3 is 5.97 Å². The molecule has 5 nitrogen and oxygen atoms in total. The molecule has 3 saturated carbocycles. The summed E-state index contributed by atoms with van der Waals surface area (Å²) in [6, 6.07) is 0. The molecule has 7 unspecified atom stereocenters. The number of hydrogen-bond acceptors (Lipinski definition) is 5. The quantitative estimate of drug-likeness (QED) is 0.382. The fourth-order valence-corrected chi connectivity index (χ4v) is 7.66. The van der Waals surface area contributed by atoms with Crippen LogP contribution < -0.4 is 0 Å². The van der Waals surface area contributed by atoms with Crippen molar-refractivity contribution in [3.63, 3.8) is 0 Å². The average Bonchev–Trinajstić information content (AvgIpc) is 2.95. The Balaban J connectivity index is 1.65. The summed E-state index contributed by atoms with van der Waals surface area (Å²) >= 11 is 0. The fourth-order valence-electron chi connectivity index (χ4n) is 7.24.